The van der Waals surface area contributed by atoms with Crippen LogP contribution >= 0.6 is 0 Å². The first kappa shape index (κ1) is 28.0. The number of carbonyl (C=O) groups is 1. The average molecular weight is 519 g/mol. The molecule has 2 nitrogen and oxygen atoms in total. The first-order valence-electron chi connectivity index (χ1n) is 16.0. The first-order valence-corrected chi connectivity index (χ1v) is 16.0. The van der Waals surface area contributed by atoms with Gasteiger partial charge in [-0.25, -0.2) is 4.79 Å². The molecule has 2 heteroatoms. The molecule has 0 bridgehead atoms. The summed E-state index contributed by atoms with van der Waals surface area (Å²) in [6, 6.07) is 9.55. The van der Waals surface area contributed by atoms with Gasteiger partial charge >= 0.3 is 5.97 Å². The number of ether oxygens (including phenoxy) is 1. The highest BCUT2D eigenvalue weighted by molar-refractivity contribution is 5.89. The molecule has 0 spiro atoms. The number of rotatable bonds is 7. The molecular weight excluding hydrogens is 464 g/mol. The van der Waals surface area contributed by atoms with Crippen LogP contribution in [0.15, 0.2) is 41.5 Å². The Hall–Kier alpha value is -1.57. The van der Waals surface area contributed by atoms with Crippen molar-refractivity contribution in [1.82, 2.24) is 0 Å². The Morgan fingerprint density at radius 2 is 1.66 bits per heavy atom. The second-order valence-electron chi connectivity index (χ2n) is 15.2. The van der Waals surface area contributed by atoms with Gasteiger partial charge in [0.1, 0.15) is 6.10 Å². The molecule has 0 N–H and O–H groups in total. The lowest BCUT2D eigenvalue weighted by Gasteiger charge is -2.60. The topological polar surface area (TPSA) is 26.3 Å². The highest BCUT2D eigenvalue weighted by Crippen LogP contribution is 2.68. The number of benzene rings is 1. The zero-order valence-electron chi connectivity index (χ0n) is 25.4. The van der Waals surface area contributed by atoms with E-state index in [4.69, 9.17) is 4.74 Å². The molecule has 0 saturated heterocycles. The molecule has 2 unspecified atom stereocenters. The Kier molecular flexibility index (Phi) is 7.69. The van der Waals surface area contributed by atoms with Crippen LogP contribution in [0, 0.1) is 45.8 Å². The maximum atomic E-state index is 13.0. The quantitative estimate of drug-likeness (QED) is 0.265. The van der Waals surface area contributed by atoms with Crippen molar-refractivity contribution in [3.63, 3.8) is 0 Å². The number of hydrogen-bond acceptors (Lipinski definition) is 2. The third-order valence-corrected chi connectivity index (χ3v) is 12.3. The number of carbonyl (C=O) groups excluding carboxylic acids is 1. The molecule has 210 valence electrons. The molecule has 4 aliphatic rings. The van der Waals surface area contributed by atoms with Crippen LogP contribution in [0.5, 0.6) is 0 Å². The summed E-state index contributed by atoms with van der Waals surface area (Å²) in [5.74, 6) is 3.80. The summed E-state index contributed by atoms with van der Waals surface area (Å²) in [5.41, 5.74) is 5.13. The molecule has 1 aromatic rings. The predicted octanol–water partition coefficient (Wildman–Crippen LogP) is 10.0. The fourth-order valence-corrected chi connectivity index (χ4v) is 10.3. The number of esters is 1. The summed E-state index contributed by atoms with van der Waals surface area (Å²) < 4.78 is 6.24. The summed E-state index contributed by atoms with van der Waals surface area (Å²) in [7, 11) is 0. The van der Waals surface area contributed by atoms with Crippen molar-refractivity contribution in [3.05, 3.63) is 47.0 Å². The van der Waals surface area contributed by atoms with Gasteiger partial charge in [-0.1, -0.05) is 97.1 Å². The minimum atomic E-state index is -0.157. The van der Waals surface area contributed by atoms with E-state index in [0.717, 1.165) is 36.5 Å². The molecule has 0 amide bonds. The minimum absolute atomic E-state index is 0.00756. The van der Waals surface area contributed by atoms with Gasteiger partial charge in [0.25, 0.3) is 0 Å². The molecule has 5 rings (SSSR count). The lowest BCUT2D eigenvalue weighted by molar-refractivity contribution is -0.101. The lowest BCUT2D eigenvalue weighted by Crippen LogP contribution is -2.54. The SMILES string of the molecule is CC(C)CCC[C@@H](C)[C@H]1CC[C@H]2C3=C(CC[C@]12C)[C@@]1(C)CCC(OC(=O)c2ccccc2)C(C)(C)C1CC3. The van der Waals surface area contributed by atoms with Crippen molar-refractivity contribution in [3.8, 4) is 0 Å². The average Bonchev–Trinajstić information content (AvgIpc) is 3.23. The van der Waals surface area contributed by atoms with Crippen molar-refractivity contribution >= 4 is 5.97 Å². The van der Waals surface area contributed by atoms with Crippen LogP contribution in [0.4, 0.5) is 0 Å². The van der Waals surface area contributed by atoms with Crippen LogP contribution in [0.1, 0.15) is 129 Å². The van der Waals surface area contributed by atoms with Gasteiger partial charge in [0.15, 0.2) is 0 Å². The van der Waals surface area contributed by atoms with Crippen LogP contribution in [0.25, 0.3) is 0 Å². The summed E-state index contributed by atoms with van der Waals surface area (Å²) in [6.07, 6.45) is 14.4. The summed E-state index contributed by atoms with van der Waals surface area (Å²) in [5, 5.41) is 0. The zero-order valence-corrected chi connectivity index (χ0v) is 25.4. The molecular formula is C36H54O2. The van der Waals surface area contributed by atoms with Gasteiger partial charge in [0.2, 0.25) is 0 Å². The van der Waals surface area contributed by atoms with Crippen molar-refractivity contribution in [2.24, 2.45) is 45.8 Å². The Bertz CT molecular complexity index is 1030. The molecule has 2 fully saturated rings. The van der Waals surface area contributed by atoms with Crippen molar-refractivity contribution in [2.75, 3.05) is 0 Å². The first-order chi connectivity index (χ1) is 18.0. The van der Waals surface area contributed by atoms with Crippen LogP contribution in [-0.2, 0) is 4.74 Å². The summed E-state index contributed by atoms with van der Waals surface area (Å²) >= 11 is 0. The Labute approximate surface area is 233 Å². The minimum Gasteiger partial charge on any atom is -0.458 e. The van der Waals surface area contributed by atoms with E-state index in [0.29, 0.717) is 16.9 Å². The standard InChI is InChI=1S/C36H54O2/c1-24(2)12-11-13-25(3)28-17-18-29-27-16-19-31-34(4,5)32(38-33(37)26-14-9-8-10-15-26)21-23-36(31,7)30(27)20-22-35(28,29)6/h8-10,14-15,24-25,28-29,31-32H,11-13,16-23H2,1-7H3/t25-,28-,29+,31?,32?,35-,36-/m1/s1. The van der Waals surface area contributed by atoms with Gasteiger partial charge in [0, 0.05) is 5.41 Å². The van der Waals surface area contributed by atoms with E-state index in [1.54, 1.807) is 0 Å². The number of hydrogen-bond donors (Lipinski definition) is 0. The van der Waals surface area contributed by atoms with Gasteiger partial charge in [0.05, 0.1) is 5.56 Å². The molecule has 1 aromatic carbocycles. The number of allylic oxidation sites excluding steroid dienone is 2. The molecule has 4 aliphatic carbocycles. The van der Waals surface area contributed by atoms with Gasteiger partial charge in [-0.2, -0.15) is 0 Å². The highest BCUT2D eigenvalue weighted by Gasteiger charge is 2.59. The van der Waals surface area contributed by atoms with E-state index >= 15 is 0 Å². The van der Waals surface area contributed by atoms with Gasteiger partial charge in [-0.05, 0) is 104 Å². The molecule has 38 heavy (non-hydrogen) atoms. The smallest absolute Gasteiger partial charge is 0.338 e. The molecule has 0 aliphatic heterocycles. The van der Waals surface area contributed by atoms with E-state index < -0.39 is 0 Å². The molecule has 0 aromatic heterocycles. The van der Waals surface area contributed by atoms with Crippen LogP contribution in [0.2, 0.25) is 0 Å². The van der Waals surface area contributed by atoms with Crippen LogP contribution < -0.4 is 0 Å². The van der Waals surface area contributed by atoms with E-state index in [9.17, 15) is 4.79 Å². The van der Waals surface area contributed by atoms with E-state index in [1.807, 2.05) is 41.5 Å². The maximum Gasteiger partial charge on any atom is 0.338 e. The summed E-state index contributed by atoms with van der Waals surface area (Å²) in [4.78, 5) is 13.0. The molecule has 7 atom stereocenters. The molecule has 2 saturated carbocycles. The third kappa shape index (κ3) is 4.71. The van der Waals surface area contributed by atoms with E-state index in [1.165, 1.54) is 57.8 Å². The Balaban J connectivity index is 1.33. The largest absolute Gasteiger partial charge is 0.458 e. The van der Waals surface area contributed by atoms with Crippen molar-refractivity contribution in [2.45, 2.75) is 125 Å². The second-order valence-corrected chi connectivity index (χ2v) is 15.2. The van der Waals surface area contributed by atoms with Crippen LogP contribution in [-0.4, -0.2) is 12.1 Å². The zero-order chi connectivity index (χ0) is 27.3. The van der Waals surface area contributed by atoms with Crippen LogP contribution in [0.3, 0.4) is 0 Å². The normalized spacial score (nSPS) is 36.8. The maximum absolute atomic E-state index is 13.0. The monoisotopic (exact) mass is 518 g/mol. The second kappa shape index (κ2) is 10.4. The predicted molar refractivity (Wildman–Crippen MR) is 158 cm³/mol. The van der Waals surface area contributed by atoms with E-state index in [-0.39, 0.29) is 22.9 Å². The van der Waals surface area contributed by atoms with E-state index in [2.05, 4.69) is 48.5 Å². The number of fused-ring (bicyclic) bond motifs is 4. The van der Waals surface area contributed by atoms with Gasteiger partial charge in [-0.15, -0.1) is 0 Å². The van der Waals surface area contributed by atoms with Crippen molar-refractivity contribution in [1.29, 1.82) is 0 Å². The Morgan fingerprint density at radius 1 is 0.921 bits per heavy atom. The third-order valence-electron chi connectivity index (χ3n) is 12.3. The van der Waals surface area contributed by atoms with Crippen molar-refractivity contribution < 1.29 is 9.53 Å². The highest BCUT2D eigenvalue weighted by atomic mass is 16.5. The Morgan fingerprint density at radius 3 is 2.37 bits per heavy atom. The fraction of sp³-hybridized carbons (Fsp3) is 0.750. The van der Waals surface area contributed by atoms with Gasteiger partial charge < -0.3 is 4.74 Å². The molecule has 0 heterocycles. The lowest BCUT2D eigenvalue weighted by atomic mass is 9.45. The molecule has 0 radical (unpaired) electrons. The summed E-state index contributed by atoms with van der Waals surface area (Å²) in [6.45, 7) is 17.4. The fourth-order valence-electron chi connectivity index (χ4n) is 10.3. The van der Waals surface area contributed by atoms with Gasteiger partial charge in [-0.3, -0.25) is 0 Å².